The lowest BCUT2D eigenvalue weighted by atomic mass is 10.1. The Hall–Kier alpha value is -0.650. The fourth-order valence-electron chi connectivity index (χ4n) is 2.77. The second kappa shape index (κ2) is 7.07. The summed E-state index contributed by atoms with van der Waals surface area (Å²) in [7, 11) is 0. The summed E-state index contributed by atoms with van der Waals surface area (Å²) in [5, 5.41) is 3.32. The van der Waals surface area contributed by atoms with Crippen LogP contribution in [0.3, 0.4) is 0 Å². The number of hydrogen-bond donors (Lipinski definition) is 1. The minimum Gasteiger partial charge on any atom is -0.333 e. The van der Waals surface area contributed by atoms with Crippen molar-refractivity contribution in [1.82, 2.24) is 10.2 Å². The molecule has 1 amide bonds. The van der Waals surface area contributed by atoms with Gasteiger partial charge in [-0.25, -0.2) is 0 Å². The van der Waals surface area contributed by atoms with Gasteiger partial charge in [-0.3, -0.25) is 4.79 Å². The van der Waals surface area contributed by atoms with Crippen molar-refractivity contribution < 1.29 is 4.79 Å². The van der Waals surface area contributed by atoms with E-state index in [-0.39, 0.29) is 11.9 Å². The molecule has 0 radical (unpaired) electrons. The zero-order chi connectivity index (χ0) is 14.7. The molecular formula is C16H22N2OS2. The maximum atomic E-state index is 12.6. The predicted octanol–water partition coefficient (Wildman–Crippen LogP) is 2.99. The van der Waals surface area contributed by atoms with Crippen LogP contribution < -0.4 is 5.32 Å². The van der Waals surface area contributed by atoms with Gasteiger partial charge in [0.15, 0.2) is 0 Å². The smallest absolute Gasteiger partial charge is 0.254 e. The lowest BCUT2D eigenvalue weighted by Crippen LogP contribution is -2.52. The van der Waals surface area contributed by atoms with E-state index in [2.05, 4.69) is 24.4 Å². The molecule has 2 fully saturated rings. The van der Waals surface area contributed by atoms with Crippen molar-refractivity contribution in [3.63, 3.8) is 0 Å². The Kier molecular flexibility index (Phi) is 5.14. The third-order valence-corrected chi connectivity index (χ3v) is 7.03. The maximum Gasteiger partial charge on any atom is 0.254 e. The molecular weight excluding hydrogens is 300 g/mol. The second-order valence-electron chi connectivity index (χ2n) is 5.60. The zero-order valence-electron chi connectivity index (χ0n) is 12.4. The van der Waals surface area contributed by atoms with E-state index in [1.54, 1.807) is 0 Å². The molecule has 0 saturated carbocycles. The molecule has 2 heterocycles. The van der Waals surface area contributed by atoms with E-state index in [4.69, 9.17) is 0 Å². The third kappa shape index (κ3) is 3.58. The highest BCUT2D eigenvalue weighted by Gasteiger charge is 2.24. The van der Waals surface area contributed by atoms with Crippen molar-refractivity contribution in [2.24, 2.45) is 0 Å². The SMILES string of the molecule is C[C@@H]1CNCCN1C(=O)c1ccc(C2SCCCS2)cc1. The first-order valence-corrected chi connectivity index (χ1v) is 9.70. The van der Waals surface area contributed by atoms with E-state index < -0.39 is 0 Å². The van der Waals surface area contributed by atoms with Crippen molar-refractivity contribution in [1.29, 1.82) is 0 Å². The fourth-order valence-corrected chi connectivity index (χ4v) is 5.67. The quantitative estimate of drug-likeness (QED) is 0.907. The van der Waals surface area contributed by atoms with Crippen LogP contribution in [0, 0.1) is 0 Å². The van der Waals surface area contributed by atoms with Gasteiger partial charge in [-0.1, -0.05) is 12.1 Å². The van der Waals surface area contributed by atoms with E-state index in [0.29, 0.717) is 4.58 Å². The monoisotopic (exact) mass is 322 g/mol. The van der Waals surface area contributed by atoms with Crippen molar-refractivity contribution in [3.8, 4) is 0 Å². The van der Waals surface area contributed by atoms with E-state index in [0.717, 1.165) is 25.2 Å². The Bertz CT molecular complexity index is 486. The zero-order valence-corrected chi connectivity index (χ0v) is 14.0. The molecule has 0 aliphatic carbocycles. The molecule has 1 N–H and O–H groups in total. The van der Waals surface area contributed by atoms with Crippen LogP contribution in [0.5, 0.6) is 0 Å². The first-order valence-electron chi connectivity index (χ1n) is 7.60. The minimum atomic E-state index is 0.166. The van der Waals surface area contributed by atoms with Gasteiger partial charge in [0, 0.05) is 31.2 Å². The van der Waals surface area contributed by atoms with Crippen LogP contribution in [-0.2, 0) is 0 Å². The van der Waals surface area contributed by atoms with Gasteiger partial charge in [-0.15, -0.1) is 23.5 Å². The molecule has 1 aromatic rings. The molecule has 2 saturated heterocycles. The summed E-state index contributed by atoms with van der Waals surface area (Å²) in [5.74, 6) is 2.66. The molecule has 3 nitrogen and oxygen atoms in total. The number of carbonyl (C=O) groups is 1. The van der Waals surface area contributed by atoms with Gasteiger partial charge in [0.05, 0.1) is 4.58 Å². The highest BCUT2D eigenvalue weighted by Crippen LogP contribution is 2.43. The number of nitrogens with zero attached hydrogens (tertiary/aromatic N) is 1. The number of piperazine rings is 1. The van der Waals surface area contributed by atoms with Crippen LogP contribution in [0.15, 0.2) is 24.3 Å². The molecule has 21 heavy (non-hydrogen) atoms. The normalized spacial score (nSPS) is 24.0. The Morgan fingerprint density at radius 2 is 1.95 bits per heavy atom. The van der Waals surface area contributed by atoms with Gasteiger partial charge in [-0.2, -0.15) is 0 Å². The van der Waals surface area contributed by atoms with E-state index >= 15 is 0 Å². The van der Waals surface area contributed by atoms with Crippen LogP contribution in [-0.4, -0.2) is 48.0 Å². The summed E-state index contributed by atoms with van der Waals surface area (Å²) >= 11 is 4.04. The first-order chi connectivity index (χ1) is 10.3. The van der Waals surface area contributed by atoms with Crippen molar-refractivity contribution in [2.75, 3.05) is 31.1 Å². The molecule has 0 aromatic heterocycles. The summed E-state index contributed by atoms with van der Waals surface area (Å²) in [6.45, 7) is 4.69. The fraction of sp³-hybridized carbons (Fsp3) is 0.562. The standard InChI is InChI=1S/C16H22N2OS2/c1-12-11-17-7-8-18(12)15(19)13-3-5-14(6-4-13)16-20-9-2-10-21-16/h3-6,12,16-17H,2,7-11H2,1H3/t12-/m1/s1. The van der Waals surface area contributed by atoms with Gasteiger partial charge in [-0.05, 0) is 42.5 Å². The molecule has 1 atom stereocenters. The predicted molar refractivity (Wildman–Crippen MR) is 92.1 cm³/mol. The highest BCUT2D eigenvalue weighted by atomic mass is 32.2. The van der Waals surface area contributed by atoms with Gasteiger partial charge >= 0.3 is 0 Å². The summed E-state index contributed by atoms with van der Waals surface area (Å²) < 4.78 is 0.543. The minimum absolute atomic E-state index is 0.166. The van der Waals surface area contributed by atoms with Crippen LogP contribution >= 0.6 is 23.5 Å². The topological polar surface area (TPSA) is 32.3 Å². The summed E-state index contributed by atoms with van der Waals surface area (Å²) in [5.41, 5.74) is 2.16. The number of nitrogens with one attached hydrogen (secondary N) is 1. The molecule has 3 rings (SSSR count). The van der Waals surface area contributed by atoms with Crippen molar-refractivity contribution >= 4 is 29.4 Å². The molecule has 1 aromatic carbocycles. The van der Waals surface area contributed by atoms with Crippen LogP contribution in [0.25, 0.3) is 0 Å². The molecule has 114 valence electrons. The van der Waals surface area contributed by atoms with Crippen LogP contribution in [0.4, 0.5) is 0 Å². The highest BCUT2D eigenvalue weighted by molar-refractivity contribution is 8.16. The summed E-state index contributed by atoms with van der Waals surface area (Å²) in [6, 6.07) is 8.55. The number of hydrogen-bond acceptors (Lipinski definition) is 4. The molecule has 0 bridgehead atoms. The Morgan fingerprint density at radius 1 is 1.24 bits per heavy atom. The largest absolute Gasteiger partial charge is 0.333 e. The van der Waals surface area contributed by atoms with E-state index in [1.807, 2.05) is 40.6 Å². The van der Waals surface area contributed by atoms with E-state index in [9.17, 15) is 4.79 Å². The number of rotatable bonds is 2. The maximum absolute atomic E-state index is 12.6. The Labute approximate surface area is 135 Å². The lowest BCUT2D eigenvalue weighted by Gasteiger charge is -2.34. The first kappa shape index (κ1) is 15.3. The molecule has 5 heteroatoms. The number of thioether (sulfide) groups is 2. The average molecular weight is 322 g/mol. The number of carbonyl (C=O) groups excluding carboxylic acids is 1. The molecule has 0 spiro atoms. The summed E-state index contributed by atoms with van der Waals surface area (Å²) in [4.78, 5) is 14.6. The van der Waals surface area contributed by atoms with Crippen molar-refractivity contribution in [3.05, 3.63) is 35.4 Å². The van der Waals surface area contributed by atoms with Crippen molar-refractivity contribution in [2.45, 2.75) is 24.0 Å². The van der Waals surface area contributed by atoms with Gasteiger partial charge in [0.2, 0.25) is 0 Å². The van der Waals surface area contributed by atoms with E-state index in [1.165, 1.54) is 23.5 Å². The molecule has 2 aliphatic rings. The second-order valence-corrected chi connectivity index (χ2v) is 8.33. The summed E-state index contributed by atoms with van der Waals surface area (Å²) in [6.07, 6.45) is 1.31. The number of amides is 1. The van der Waals surface area contributed by atoms with Gasteiger partial charge in [0.25, 0.3) is 5.91 Å². The van der Waals surface area contributed by atoms with Gasteiger partial charge in [0.1, 0.15) is 0 Å². The number of benzene rings is 1. The van der Waals surface area contributed by atoms with Gasteiger partial charge < -0.3 is 10.2 Å². The lowest BCUT2D eigenvalue weighted by molar-refractivity contribution is 0.0656. The third-order valence-electron chi connectivity index (χ3n) is 4.02. The molecule has 2 aliphatic heterocycles. The van der Waals surface area contributed by atoms with Crippen LogP contribution in [0.1, 0.15) is 33.8 Å². The van der Waals surface area contributed by atoms with Crippen LogP contribution in [0.2, 0.25) is 0 Å². The Balaban J connectivity index is 1.69. The average Bonchev–Trinajstić information content (AvgIpc) is 2.56. The molecule has 0 unspecified atom stereocenters. The Morgan fingerprint density at radius 3 is 2.62 bits per heavy atom.